The van der Waals surface area contributed by atoms with Crippen LogP contribution in [0.1, 0.15) is 23.7 Å². The number of amidine groups is 1. The van der Waals surface area contributed by atoms with Gasteiger partial charge in [-0.2, -0.15) is 0 Å². The van der Waals surface area contributed by atoms with Crippen molar-refractivity contribution in [1.29, 1.82) is 0 Å². The lowest BCUT2D eigenvalue weighted by Crippen LogP contribution is -2.47. The summed E-state index contributed by atoms with van der Waals surface area (Å²) in [7, 11) is 0. The van der Waals surface area contributed by atoms with E-state index in [2.05, 4.69) is 15.0 Å². The number of alkyl halides is 1. The zero-order valence-corrected chi connectivity index (χ0v) is 22.3. The predicted molar refractivity (Wildman–Crippen MR) is 146 cm³/mol. The molecule has 0 saturated carbocycles. The van der Waals surface area contributed by atoms with Crippen LogP contribution in [0.25, 0.3) is 6.08 Å². The van der Waals surface area contributed by atoms with Crippen LogP contribution in [0.15, 0.2) is 47.7 Å². The second kappa shape index (κ2) is 15.2. The van der Waals surface area contributed by atoms with Gasteiger partial charge in [-0.15, -0.1) is 5.10 Å². The summed E-state index contributed by atoms with van der Waals surface area (Å²) in [5.41, 5.74) is 8.17. The third kappa shape index (κ3) is 9.90. The number of hydrogen-bond donors (Lipinski definition) is 2. The van der Waals surface area contributed by atoms with Crippen LogP contribution in [0, 0.1) is 0 Å². The van der Waals surface area contributed by atoms with Crippen molar-refractivity contribution in [3.05, 3.63) is 64.4 Å². The smallest absolute Gasteiger partial charge is 0.246 e. The third-order valence-corrected chi connectivity index (χ3v) is 5.95. The molecule has 0 atom stereocenters. The number of aromatic nitrogens is 1. The van der Waals surface area contributed by atoms with Crippen LogP contribution < -0.4 is 16.3 Å². The van der Waals surface area contributed by atoms with Crippen molar-refractivity contribution in [2.75, 3.05) is 52.7 Å². The second-order valence-electron chi connectivity index (χ2n) is 8.75. The predicted octanol–water partition coefficient (Wildman–Crippen LogP) is 2.43. The van der Waals surface area contributed by atoms with Crippen molar-refractivity contribution in [1.82, 2.24) is 19.9 Å². The first-order valence-corrected chi connectivity index (χ1v) is 12.7. The Balaban J connectivity index is 1.47. The topological polar surface area (TPSA) is 123 Å². The normalized spacial score (nSPS) is 14.7. The SMILES string of the molecule is C/C(N)=N/N(N)Cc1cc(Cl)ccc1/C=C/C(=O)N1CCN(Cc2ccc(OCCOCCF)cn2)CC1. The van der Waals surface area contributed by atoms with Crippen molar-refractivity contribution < 1.29 is 18.7 Å². The average Bonchev–Trinajstić information content (AvgIpc) is 2.89. The molecular formula is C26H35ClFN7O3. The Morgan fingerprint density at radius 3 is 2.68 bits per heavy atom. The maximum absolute atomic E-state index is 12.8. The number of amides is 1. The van der Waals surface area contributed by atoms with E-state index in [-0.39, 0.29) is 19.1 Å². The molecule has 10 nitrogen and oxygen atoms in total. The summed E-state index contributed by atoms with van der Waals surface area (Å²) in [6.07, 6.45) is 5.02. The molecule has 2 aromatic rings. The Labute approximate surface area is 227 Å². The molecule has 0 spiro atoms. The molecule has 1 fully saturated rings. The quantitative estimate of drug-likeness (QED) is 0.0979. The largest absolute Gasteiger partial charge is 0.490 e. The van der Waals surface area contributed by atoms with Gasteiger partial charge in [-0.05, 0) is 48.4 Å². The van der Waals surface area contributed by atoms with Crippen molar-refractivity contribution in [3.63, 3.8) is 0 Å². The highest BCUT2D eigenvalue weighted by molar-refractivity contribution is 6.30. The second-order valence-corrected chi connectivity index (χ2v) is 9.19. The number of hydrazine groups is 1. The first-order valence-electron chi connectivity index (χ1n) is 12.4. The molecule has 1 aliphatic rings. The Morgan fingerprint density at radius 1 is 1.21 bits per heavy atom. The van der Waals surface area contributed by atoms with E-state index < -0.39 is 6.67 Å². The molecule has 0 radical (unpaired) electrons. The Morgan fingerprint density at radius 2 is 2.00 bits per heavy atom. The lowest BCUT2D eigenvalue weighted by Gasteiger charge is -2.34. The van der Waals surface area contributed by atoms with Crippen LogP contribution in [0.5, 0.6) is 5.75 Å². The highest BCUT2D eigenvalue weighted by atomic mass is 35.5. The van der Waals surface area contributed by atoms with Gasteiger partial charge in [0.05, 0.1) is 31.6 Å². The van der Waals surface area contributed by atoms with Gasteiger partial charge in [0.1, 0.15) is 24.9 Å². The fourth-order valence-electron chi connectivity index (χ4n) is 3.87. The molecule has 1 aromatic carbocycles. The first kappa shape index (κ1) is 29.3. The molecule has 1 aliphatic heterocycles. The summed E-state index contributed by atoms with van der Waals surface area (Å²) in [6.45, 7) is 5.62. The number of piperazine rings is 1. The van der Waals surface area contributed by atoms with Crippen LogP contribution >= 0.6 is 11.6 Å². The monoisotopic (exact) mass is 547 g/mol. The van der Waals surface area contributed by atoms with E-state index >= 15 is 0 Å². The first-order chi connectivity index (χ1) is 18.3. The molecule has 38 heavy (non-hydrogen) atoms. The molecule has 2 heterocycles. The van der Waals surface area contributed by atoms with Crippen LogP contribution in [-0.4, -0.2) is 84.3 Å². The van der Waals surface area contributed by atoms with Crippen molar-refractivity contribution in [2.45, 2.75) is 20.0 Å². The number of carbonyl (C=O) groups excluding carboxylic acids is 1. The number of hydrogen-bond acceptors (Lipinski definition) is 8. The lowest BCUT2D eigenvalue weighted by molar-refractivity contribution is -0.127. The van der Waals surface area contributed by atoms with Crippen LogP contribution in [0.2, 0.25) is 5.02 Å². The number of rotatable bonds is 13. The molecule has 0 unspecified atom stereocenters. The standard InChI is InChI=1S/C26H35ClFN7O3/c1-20(29)32-35(30)18-22-16-23(27)4-2-21(22)3-7-26(36)34-11-9-33(10-12-34)19-24-5-6-25(17-31-24)38-15-14-37-13-8-28/h2-7,16-17H,8-15,18-19,30H2,1H3,(H2,29,32)/b7-3+. The Bertz CT molecular complexity index is 1090. The lowest BCUT2D eigenvalue weighted by atomic mass is 10.1. The molecule has 3 rings (SSSR count). The van der Waals surface area contributed by atoms with Crippen molar-refractivity contribution in [3.8, 4) is 5.75 Å². The van der Waals surface area contributed by atoms with Crippen LogP contribution in [0.4, 0.5) is 4.39 Å². The number of pyridine rings is 1. The van der Waals surface area contributed by atoms with Gasteiger partial charge >= 0.3 is 0 Å². The summed E-state index contributed by atoms with van der Waals surface area (Å²) in [5.74, 6) is 6.83. The van der Waals surface area contributed by atoms with E-state index in [1.807, 2.05) is 23.1 Å². The van der Waals surface area contributed by atoms with Crippen molar-refractivity contribution >= 4 is 29.4 Å². The number of ether oxygens (including phenoxy) is 2. The van der Waals surface area contributed by atoms with Gasteiger partial charge in [-0.3, -0.25) is 14.7 Å². The van der Waals surface area contributed by atoms with E-state index in [1.54, 1.807) is 37.4 Å². The highest BCUT2D eigenvalue weighted by Gasteiger charge is 2.20. The minimum atomic E-state index is -0.500. The fourth-order valence-corrected chi connectivity index (χ4v) is 4.07. The van der Waals surface area contributed by atoms with Gasteiger partial charge in [0.25, 0.3) is 0 Å². The van der Waals surface area contributed by atoms with E-state index in [0.29, 0.717) is 49.5 Å². The Hall–Kier alpha value is -3.25. The van der Waals surface area contributed by atoms with Gasteiger partial charge in [0.15, 0.2) is 0 Å². The van der Waals surface area contributed by atoms with Gasteiger partial charge in [0.2, 0.25) is 5.91 Å². The molecule has 4 N–H and O–H groups in total. The molecule has 1 aromatic heterocycles. The van der Waals surface area contributed by atoms with Gasteiger partial charge in [-0.1, -0.05) is 17.7 Å². The highest BCUT2D eigenvalue weighted by Crippen LogP contribution is 2.19. The number of nitrogens with two attached hydrogens (primary N) is 2. The fraction of sp³-hybridized carbons (Fsp3) is 0.423. The van der Waals surface area contributed by atoms with E-state index in [4.69, 9.17) is 32.7 Å². The number of halogens is 2. The number of benzene rings is 1. The number of hydrazone groups is 1. The maximum Gasteiger partial charge on any atom is 0.246 e. The van der Waals surface area contributed by atoms with Gasteiger partial charge in [0, 0.05) is 43.8 Å². The third-order valence-electron chi connectivity index (χ3n) is 5.71. The summed E-state index contributed by atoms with van der Waals surface area (Å²) < 4.78 is 22.6. The van der Waals surface area contributed by atoms with Crippen LogP contribution in [0.3, 0.4) is 0 Å². The molecule has 1 amide bonds. The maximum atomic E-state index is 12.8. The van der Waals surface area contributed by atoms with Gasteiger partial charge < -0.3 is 20.1 Å². The van der Waals surface area contributed by atoms with Crippen molar-refractivity contribution in [2.24, 2.45) is 16.7 Å². The summed E-state index contributed by atoms with van der Waals surface area (Å²) >= 11 is 6.16. The van der Waals surface area contributed by atoms with E-state index in [0.717, 1.165) is 29.9 Å². The Kier molecular flexibility index (Phi) is 11.7. The van der Waals surface area contributed by atoms with E-state index in [1.165, 1.54) is 5.12 Å². The molecule has 12 heteroatoms. The zero-order valence-electron chi connectivity index (χ0n) is 21.6. The molecule has 1 saturated heterocycles. The van der Waals surface area contributed by atoms with Gasteiger partial charge in [-0.25, -0.2) is 15.4 Å². The summed E-state index contributed by atoms with van der Waals surface area (Å²) in [5, 5.41) is 5.81. The zero-order chi connectivity index (χ0) is 27.3. The molecule has 0 bridgehead atoms. The van der Waals surface area contributed by atoms with E-state index in [9.17, 15) is 9.18 Å². The number of carbonyl (C=O) groups is 1. The summed E-state index contributed by atoms with van der Waals surface area (Å²) in [4.78, 5) is 21.4. The van der Waals surface area contributed by atoms with Crippen LogP contribution in [-0.2, 0) is 22.6 Å². The molecular weight excluding hydrogens is 513 g/mol. The molecule has 0 aliphatic carbocycles. The number of nitrogens with zero attached hydrogens (tertiary/aromatic N) is 5. The minimum absolute atomic E-state index is 0.0545. The summed E-state index contributed by atoms with van der Waals surface area (Å²) in [6, 6.07) is 9.19. The molecule has 206 valence electrons. The minimum Gasteiger partial charge on any atom is -0.490 e. The average molecular weight is 548 g/mol.